The molecule has 0 atom stereocenters. The Morgan fingerprint density at radius 3 is 2.24 bits per heavy atom. The van der Waals surface area contributed by atoms with E-state index in [-0.39, 0.29) is 5.75 Å². The van der Waals surface area contributed by atoms with E-state index in [4.69, 9.17) is 0 Å². The van der Waals surface area contributed by atoms with Crippen molar-refractivity contribution in [3.05, 3.63) is 41.5 Å². The Hall–Kier alpha value is -1.09. The normalized spacial score (nSPS) is 13.1. The van der Waals surface area contributed by atoms with Crippen LogP contribution < -0.4 is 0 Å². The lowest BCUT2D eigenvalue weighted by Gasteiger charge is -2.06. The second-order valence-electron chi connectivity index (χ2n) is 4.70. The van der Waals surface area contributed by atoms with Crippen molar-refractivity contribution in [2.75, 3.05) is 5.75 Å². The third-order valence-corrected chi connectivity index (χ3v) is 4.51. The fraction of sp³-hybridized carbons (Fsp3) is 0.429. The standard InChI is InChI=1S/C14H20O2S/c1-11(2)13(4)9-10-17(15,16)14-7-5-12(3)6-8-14/h5-9,11H,10H2,1-4H3/b13-9+. The molecule has 94 valence electrons. The van der Waals surface area contributed by atoms with Gasteiger partial charge in [0.05, 0.1) is 10.6 Å². The van der Waals surface area contributed by atoms with Gasteiger partial charge in [0.25, 0.3) is 0 Å². The number of aryl methyl sites for hydroxylation is 1. The van der Waals surface area contributed by atoms with Crippen molar-refractivity contribution >= 4 is 9.84 Å². The summed E-state index contributed by atoms with van der Waals surface area (Å²) in [6, 6.07) is 6.99. The van der Waals surface area contributed by atoms with Gasteiger partial charge in [-0.1, -0.05) is 43.2 Å². The lowest BCUT2D eigenvalue weighted by molar-refractivity contribution is 0.598. The van der Waals surface area contributed by atoms with Crippen LogP contribution in [0.25, 0.3) is 0 Å². The predicted molar refractivity (Wildman–Crippen MR) is 71.8 cm³/mol. The Kier molecular flexibility index (Phi) is 4.52. The molecule has 1 aromatic rings. The number of benzene rings is 1. The summed E-state index contributed by atoms with van der Waals surface area (Å²) in [5, 5.41) is 0. The molecular formula is C14H20O2S. The first-order chi connectivity index (χ1) is 7.83. The van der Waals surface area contributed by atoms with Crippen LogP contribution in [0.15, 0.2) is 40.8 Å². The van der Waals surface area contributed by atoms with E-state index in [2.05, 4.69) is 13.8 Å². The largest absolute Gasteiger partial charge is 0.223 e. The zero-order chi connectivity index (χ0) is 13.1. The lowest BCUT2D eigenvalue weighted by atomic mass is 10.1. The molecule has 1 rings (SSSR count). The third kappa shape index (κ3) is 4.00. The van der Waals surface area contributed by atoms with Gasteiger partial charge < -0.3 is 0 Å². The van der Waals surface area contributed by atoms with Crippen LogP contribution in [0.1, 0.15) is 26.3 Å². The van der Waals surface area contributed by atoms with E-state index in [0.717, 1.165) is 11.1 Å². The Balaban J connectivity index is 2.90. The Bertz CT molecular complexity index is 494. The van der Waals surface area contributed by atoms with Crippen molar-refractivity contribution in [3.8, 4) is 0 Å². The maximum Gasteiger partial charge on any atom is 0.181 e. The highest BCUT2D eigenvalue weighted by atomic mass is 32.2. The van der Waals surface area contributed by atoms with E-state index < -0.39 is 9.84 Å². The summed E-state index contributed by atoms with van der Waals surface area (Å²) in [5.74, 6) is 0.475. The molecule has 17 heavy (non-hydrogen) atoms. The van der Waals surface area contributed by atoms with Gasteiger partial charge in [0, 0.05) is 0 Å². The number of rotatable bonds is 4. The van der Waals surface area contributed by atoms with E-state index in [1.165, 1.54) is 0 Å². The van der Waals surface area contributed by atoms with Crippen LogP contribution in [0.5, 0.6) is 0 Å². The number of hydrogen-bond donors (Lipinski definition) is 0. The summed E-state index contributed by atoms with van der Waals surface area (Å²) in [6.45, 7) is 8.03. The number of hydrogen-bond acceptors (Lipinski definition) is 2. The van der Waals surface area contributed by atoms with Crippen LogP contribution in [0.4, 0.5) is 0 Å². The Labute approximate surface area is 104 Å². The highest BCUT2D eigenvalue weighted by molar-refractivity contribution is 7.91. The molecule has 0 heterocycles. The zero-order valence-electron chi connectivity index (χ0n) is 10.9. The molecule has 0 spiro atoms. The first-order valence-corrected chi connectivity index (χ1v) is 7.44. The van der Waals surface area contributed by atoms with E-state index in [9.17, 15) is 8.42 Å². The maximum absolute atomic E-state index is 12.0. The molecule has 0 aliphatic rings. The van der Waals surface area contributed by atoms with Crippen LogP contribution in [-0.4, -0.2) is 14.2 Å². The second-order valence-corrected chi connectivity index (χ2v) is 6.73. The SMILES string of the molecule is C/C(=C\CS(=O)(=O)c1ccc(C)cc1)C(C)C. The molecule has 0 aliphatic carbocycles. The third-order valence-electron chi connectivity index (χ3n) is 2.92. The molecule has 0 radical (unpaired) electrons. The molecule has 0 saturated heterocycles. The fourth-order valence-electron chi connectivity index (χ4n) is 1.32. The average Bonchev–Trinajstić information content (AvgIpc) is 2.26. The van der Waals surface area contributed by atoms with E-state index in [1.54, 1.807) is 18.2 Å². The van der Waals surface area contributed by atoms with Crippen molar-refractivity contribution in [2.45, 2.75) is 32.6 Å². The van der Waals surface area contributed by atoms with Crippen molar-refractivity contribution < 1.29 is 8.42 Å². The molecule has 0 N–H and O–H groups in total. The van der Waals surface area contributed by atoms with Crippen LogP contribution in [0.2, 0.25) is 0 Å². The molecule has 0 unspecified atom stereocenters. The minimum atomic E-state index is -3.18. The molecule has 0 saturated carbocycles. The van der Waals surface area contributed by atoms with Gasteiger partial charge >= 0.3 is 0 Å². The van der Waals surface area contributed by atoms with Crippen molar-refractivity contribution in [1.29, 1.82) is 0 Å². The van der Waals surface area contributed by atoms with Crippen LogP contribution in [-0.2, 0) is 9.84 Å². The Morgan fingerprint density at radius 1 is 1.24 bits per heavy atom. The van der Waals surface area contributed by atoms with Crippen molar-refractivity contribution in [3.63, 3.8) is 0 Å². The molecular weight excluding hydrogens is 232 g/mol. The van der Waals surface area contributed by atoms with E-state index >= 15 is 0 Å². The number of allylic oxidation sites excluding steroid dienone is 1. The summed E-state index contributed by atoms with van der Waals surface area (Å²) in [7, 11) is -3.18. The molecule has 0 aromatic heterocycles. The number of sulfone groups is 1. The summed E-state index contributed by atoms with van der Waals surface area (Å²) in [6.07, 6.45) is 1.81. The molecule has 2 nitrogen and oxygen atoms in total. The molecule has 1 aromatic carbocycles. The van der Waals surface area contributed by atoms with Crippen molar-refractivity contribution in [2.24, 2.45) is 5.92 Å². The maximum atomic E-state index is 12.0. The second kappa shape index (κ2) is 5.50. The minimum absolute atomic E-state index is 0.0834. The summed E-state index contributed by atoms with van der Waals surface area (Å²) >= 11 is 0. The topological polar surface area (TPSA) is 34.1 Å². The summed E-state index contributed by atoms with van der Waals surface area (Å²) in [5.41, 5.74) is 2.18. The molecule has 0 aliphatic heterocycles. The highest BCUT2D eigenvalue weighted by Crippen LogP contribution is 2.14. The minimum Gasteiger partial charge on any atom is -0.223 e. The fourth-order valence-corrected chi connectivity index (χ4v) is 2.54. The summed E-state index contributed by atoms with van der Waals surface area (Å²) in [4.78, 5) is 0.399. The van der Waals surface area contributed by atoms with Gasteiger partial charge in [-0.05, 0) is 31.9 Å². The molecule has 3 heteroatoms. The molecule has 0 amide bonds. The van der Waals surface area contributed by atoms with E-state index in [0.29, 0.717) is 10.8 Å². The van der Waals surface area contributed by atoms with Gasteiger partial charge in [-0.25, -0.2) is 8.42 Å². The van der Waals surface area contributed by atoms with Gasteiger partial charge in [-0.3, -0.25) is 0 Å². The average molecular weight is 252 g/mol. The molecule has 0 fully saturated rings. The van der Waals surface area contributed by atoms with Gasteiger partial charge in [0.2, 0.25) is 0 Å². The van der Waals surface area contributed by atoms with Crippen LogP contribution >= 0.6 is 0 Å². The van der Waals surface area contributed by atoms with Gasteiger partial charge in [-0.2, -0.15) is 0 Å². The van der Waals surface area contributed by atoms with Crippen LogP contribution in [0, 0.1) is 12.8 Å². The highest BCUT2D eigenvalue weighted by Gasteiger charge is 2.12. The smallest absolute Gasteiger partial charge is 0.181 e. The zero-order valence-corrected chi connectivity index (χ0v) is 11.7. The predicted octanol–water partition coefficient (Wildman–Crippen LogP) is 3.37. The first kappa shape index (κ1) is 14.0. The Morgan fingerprint density at radius 2 is 1.76 bits per heavy atom. The van der Waals surface area contributed by atoms with Crippen molar-refractivity contribution in [1.82, 2.24) is 0 Å². The molecule has 0 bridgehead atoms. The van der Waals surface area contributed by atoms with Gasteiger partial charge in [0.1, 0.15) is 0 Å². The summed E-state index contributed by atoms with van der Waals surface area (Å²) < 4.78 is 24.1. The first-order valence-electron chi connectivity index (χ1n) is 5.79. The lowest BCUT2D eigenvalue weighted by Crippen LogP contribution is -2.06. The van der Waals surface area contributed by atoms with Gasteiger partial charge in [-0.15, -0.1) is 0 Å². The van der Waals surface area contributed by atoms with Gasteiger partial charge in [0.15, 0.2) is 9.84 Å². The monoisotopic (exact) mass is 252 g/mol. The van der Waals surface area contributed by atoms with Crippen LogP contribution in [0.3, 0.4) is 0 Å². The van der Waals surface area contributed by atoms with E-state index in [1.807, 2.05) is 26.0 Å². The quantitative estimate of drug-likeness (QED) is 0.770.